The maximum atomic E-state index is 5.99. The highest BCUT2D eigenvalue weighted by atomic mass is 35.5. The number of nitrogens with zero attached hydrogens (tertiary/aromatic N) is 3. The number of halogens is 2. The van der Waals surface area contributed by atoms with Gasteiger partial charge in [0.25, 0.3) is 0 Å². The van der Waals surface area contributed by atoms with Crippen LogP contribution in [0.4, 0.5) is 0 Å². The molecule has 3 nitrogen and oxygen atoms in total. The highest BCUT2D eigenvalue weighted by molar-refractivity contribution is 7.15. The zero-order chi connectivity index (χ0) is 10.8. The zero-order valence-electron chi connectivity index (χ0n) is 7.82. The third-order valence-electron chi connectivity index (χ3n) is 1.78. The Bertz CT molecular complexity index is 470. The summed E-state index contributed by atoms with van der Waals surface area (Å²) >= 11 is 13.3. The minimum absolute atomic E-state index is 0.128. The van der Waals surface area contributed by atoms with Crippen LogP contribution in [-0.2, 0) is 0 Å². The lowest BCUT2D eigenvalue weighted by Crippen LogP contribution is -1.81. The molecule has 0 aromatic carbocycles. The molecule has 0 spiro atoms. The molecule has 0 fully saturated rings. The first-order chi connectivity index (χ1) is 7.18. The molecule has 0 amide bonds. The van der Waals surface area contributed by atoms with Gasteiger partial charge < -0.3 is 0 Å². The van der Waals surface area contributed by atoms with Crippen molar-refractivity contribution >= 4 is 34.5 Å². The van der Waals surface area contributed by atoms with Gasteiger partial charge in [-0.1, -0.05) is 22.9 Å². The highest BCUT2D eigenvalue weighted by Crippen LogP contribution is 2.32. The summed E-state index contributed by atoms with van der Waals surface area (Å²) in [6.07, 6.45) is 3.26. The second-order valence-electron chi connectivity index (χ2n) is 2.92. The molecule has 1 atom stereocenters. The van der Waals surface area contributed by atoms with E-state index in [-0.39, 0.29) is 5.38 Å². The molecule has 0 bridgehead atoms. The Morgan fingerprint density at radius 3 is 2.80 bits per heavy atom. The molecule has 0 aliphatic rings. The third kappa shape index (κ3) is 2.27. The molecule has 2 aromatic heterocycles. The smallest absolute Gasteiger partial charge is 0.149 e. The second kappa shape index (κ2) is 4.43. The number of pyridine rings is 1. The van der Waals surface area contributed by atoms with Crippen molar-refractivity contribution in [1.29, 1.82) is 0 Å². The van der Waals surface area contributed by atoms with Crippen LogP contribution < -0.4 is 0 Å². The molecule has 1 unspecified atom stereocenters. The van der Waals surface area contributed by atoms with Gasteiger partial charge in [-0.2, -0.15) is 0 Å². The van der Waals surface area contributed by atoms with Crippen LogP contribution in [0.5, 0.6) is 0 Å². The van der Waals surface area contributed by atoms with Gasteiger partial charge in [0, 0.05) is 18.0 Å². The van der Waals surface area contributed by atoms with Gasteiger partial charge in [0.2, 0.25) is 0 Å². The molecule has 78 valence electrons. The Labute approximate surface area is 101 Å². The summed E-state index contributed by atoms with van der Waals surface area (Å²) in [5, 5.41) is 10.0. The Morgan fingerprint density at radius 1 is 1.40 bits per heavy atom. The monoisotopic (exact) mass is 259 g/mol. The molecular weight excluding hydrogens is 253 g/mol. The number of aromatic nitrogens is 3. The van der Waals surface area contributed by atoms with Gasteiger partial charge in [0.05, 0.1) is 10.4 Å². The minimum Gasteiger partial charge on any atom is -0.263 e. The maximum absolute atomic E-state index is 5.99. The molecule has 0 radical (unpaired) electrons. The lowest BCUT2D eigenvalue weighted by atomic mass is 10.3. The Hall–Kier alpha value is -0.710. The zero-order valence-corrected chi connectivity index (χ0v) is 10.1. The van der Waals surface area contributed by atoms with Crippen LogP contribution in [0.1, 0.15) is 17.3 Å². The molecule has 0 N–H and O–H groups in total. The normalized spacial score (nSPS) is 12.7. The summed E-state index contributed by atoms with van der Waals surface area (Å²) in [5.74, 6) is 0. The van der Waals surface area contributed by atoms with Gasteiger partial charge in [-0.25, -0.2) is 0 Å². The lowest BCUT2D eigenvalue weighted by Gasteiger charge is -1.96. The first kappa shape index (κ1) is 10.8. The minimum atomic E-state index is -0.128. The molecular formula is C9H7Cl2N3S. The fraction of sp³-hybridized carbons (Fsp3) is 0.222. The van der Waals surface area contributed by atoms with Gasteiger partial charge in [-0.3, -0.25) is 4.98 Å². The summed E-state index contributed by atoms with van der Waals surface area (Å²) in [6, 6.07) is 1.81. The summed E-state index contributed by atoms with van der Waals surface area (Å²) < 4.78 is 0. The van der Waals surface area contributed by atoms with E-state index in [0.717, 1.165) is 15.6 Å². The number of hydrogen-bond acceptors (Lipinski definition) is 4. The SMILES string of the molecule is CC(Cl)c1nnc(-c2ccncc2Cl)s1. The van der Waals surface area contributed by atoms with Crippen molar-refractivity contribution in [2.24, 2.45) is 0 Å². The second-order valence-corrected chi connectivity index (χ2v) is 4.99. The van der Waals surface area contributed by atoms with Crippen LogP contribution in [0.25, 0.3) is 10.6 Å². The first-order valence-electron chi connectivity index (χ1n) is 4.26. The van der Waals surface area contributed by atoms with Crippen molar-refractivity contribution < 1.29 is 0 Å². The highest BCUT2D eigenvalue weighted by Gasteiger charge is 2.12. The third-order valence-corrected chi connectivity index (χ3v) is 3.56. The van der Waals surface area contributed by atoms with Gasteiger partial charge >= 0.3 is 0 Å². The molecule has 6 heteroatoms. The van der Waals surface area contributed by atoms with E-state index in [9.17, 15) is 0 Å². The van der Waals surface area contributed by atoms with Gasteiger partial charge in [-0.15, -0.1) is 21.8 Å². The molecule has 15 heavy (non-hydrogen) atoms. The van der Waals surface area contributed by atoms with Gasteiger partial charge in [-0.05, 0) is 13.0 Å². The lowest BCUT2D eigenvalue weighted by molar-refractivity contribution is 0.962. The molecule has 2 rings (SSSR count). The van der Waals surface area contributed by atoms with Crippen LogP contribution >= 0.6 is 34.5 Å². The molecule has 2 aromatic rings. The molecule has 0 aliphatic heterocycles. The van der Waals surface area contributed by atoms with Gasteiger partial charge in [0.1, 0.15) is 10.0 Å². The molecule has 0 saturated carbocycles. The van der Waals surface area contributed by atoms with Crippen molar-refractivity contribution in [3.8, 4) is 10.6 Å². The van der Waals surface area contributed by atoms with Crippen molar-refractivity contribution in [1.82, 2.24) is 15.2 Å². The van der Waals surface area contributed by atoms with Crippen molar-refractivity contribution in [3.05, 3.63) is 28.5 Å². The van der Waals surface area contributed by atoms with Crippen LogP contribution in [0.3, 0.4) is 0 Å². The first-order valence-corrected chi connectivity index (χ1v) is 5.89. The van der Waals surface area contributed by atoms with Crippen molar-refractivity contribution in [3.63, 3.8) is 0 Å². The van der Waals surface area contributed by atoms with E-state index in [2.05, 4.69) is 15.2 Å². The predicted octanol–water partition coefficient (Wildman–Crippen LogP) is 3.55. The summed E-state index contributed by atoms with van der Waals surface area (Å²) in [5.41, 5.74) is 0.840. The fourth-order valence-corrected chi connectivity index (χ4v) is 2.31. The van der Waals surface area contributed by atoms with Crippen LogP contribution in [0.2, 0.25) is 5.02 Å². The number of hydrogen-bond donors (Lipinski definition) is 0. The summed E-state index contributed by atoms with van der Waals surface area (Å²) in [6.45, 7) is 1.86. The summed E-state index contributed by atoms with van der Waals surface area (Å²) in [4.78, 5) is 3.91. The molecule has 0 aliphatic carbocycles. The fourth-order valence-electron chi connectivity index (χ4n) is 1.05. The standard InChI is InChI=1S/C9H7Cl2N3S/c1-5(10)8-13-14-9(15-8)6-2-3-12-4-7(6)11/h2-5H,1H3. The van der Waals surface area contributed by atoms with Crippen LogP contribution in [0, 0.1) is 0 Å². The number of rotatable bonds is 2. The number of alkyl halides is 1. The molecule has 2 heterocycles. The topological polar surface area (TPSA) is 38.7 Å². The van der Waals surface area contributed by atoms with Crippen molar-refractivity contribution in [2.45, 2.75) is 12.3 Å². The Kier molecular flexibility index (Phi) is 3.19. The van der Waals surface area contributed by atoms with Crippen molar-refractivity contribution in [2.75, 3.05) is 0 Å². The summed E-state index contributed by atoms with van der Waals surface area (Å²) in [7, 11) is 0. The molecule has 0 saturated heterocycles. The van der Waals surface area contributed by atoms with Crippen LogP contribution in [0.15, 0.2) is 18.5 Å². The van der Waals surface area contributed by atoms with Gasteiger partial charge in [0.15, 0.2) is 0 Å². The Morgan fingerprint density at radius 2 is 2.20 bits per heavy atom. The van der Waals surface area contributed by atoms with E-state index in [0.29, 0.717) is 5.02 Å². The average Bonchev–Trinajstić information content (AvgIpc) is 2.67. The quantitative estimate of drug-likeness (QED) is 0.775. The van der Waals surface area contributed by atoms with E-state index in [1.165, 1.54) is 11.3 Å². The largest absolute Gasteiger partial charge is 0.263 e. The van der Waals surface area contributed by atoms with E-state index < -0.39 is 0 Å². The maximum Gasteiger partial charge on any atom is 0.149 e. The van der Waals surface area contributed by atoms with E-state index in [4.69, 9.17) is 23.2 Å². The predicted molar refractivity (Wildman–Crippen MR) is 62.4 cm³/mol. The van der Waals surface area contributed by atoms with E-state index in [1.54, 1.807) is 12.4 Å². The average molecular weight is 260 g/mol. The Balaban J connectivity index is 2.42. The van der Waals surface area contributed by atoms with E-state index in [1.807, 2.05) is 13.0 Å². The van der Waals surface area contributed by atoms with E-state index >= 15 is 0 Å². The van der Waals surface area contributed by atoms with Crippen LogP contribution in [-0.4, -0.2) is 15.2 Å².